The van der Waals surface area contributed by atoms with Gasteiger partial charge in [0.2, 0.25) is 0 Å². The Morgan fingerprint density at radius 1 is 0.810 bits per heavy atom. The van der Waals surface area contributed by atoms with E-state index < -0.39 is 0 Å². The first kappa shape index (κ1) is 20.3. The molecule has 0 radical (unpaired) electrons. The molecule has 0 amide bonds. The summed E-state index contributed by atoms with van der Waals surface area (Å²) in [7, 11) is 0. The molecule has 0 heterocycles. The highest BCUT2D eigenvalue weighted by atomic mass is 16.3. The first-order chi connectivity index (χ1) is 10.2. The van der Waals surface area contributed by atoms with Crippen LogP contribution in [0, 0.1) is 4.91 Å². The van der Waals surface area contributed by atoms with Crippen LogP contribution in [-0.2, 0) is 0 Å². The minimum Gasteiger partial charge on any atom is -0.150 e. The Morgan fingerprint density at radius 3 is 1.76 bits per heavy atom. The maximum Gasteiger partial charge on any atom is 0.103 e. The summed E-state index contributed by atoms with van der Waals surface area (Å²) in [6.45, 7) is 8.14. The zero-order valence-electron chi connectivity index (χ0n) is 14.5. The third kappa shape index (κ3) is 10.7. The van der Waals surface area contributed by atoms with Crippen LogP contribution in [0.15, 0.2) is 17.8 Å². The van der Waals surface area contributed by atoms with Crippen LogP contribution in [-0.4, -0.2) is 5.54 Å². The predicted octanol–water partition coefficient (Wildman–Crippen LogP) is 7.18. The van der Waals surface area contributed by atoms with Crippen molar-refractivity contribution >= 4 is 0 Å². The van der Waals surface area contributed by atoms with Crippen molar-refractivity contribution in [1.82, 2.24) is 0 Å². The Bertz CT molecular complexity index is 242. The third-order valence-corrected chi connectivity index (χ3v) is 4.49. The number of allylic oxidation sites excluding steroid dienone is 1. The Balaban J connectivity index is 3.93. The van der Waals surface area contributed by atoms with Crippen molar-refractivity contribution in [1.29, 1.82) is 0 Å². The van der Waals surface area contributed by atoms with E-state index >= 15 is 0 Å². The van der Waals surface area contributed by atoms with Gasteiger partial charge in [0.15, 0.2) is 0 Å². The van der Waals surface area contributed by atoms with Crippen molar-refractivity contribution in [3.8, 4) is 0 Å². The lowest BCUT2D eigenvalue weighted by Gasteiger charge is -2.26. The molecule has 0 aromatic rings. The smallest absolute Gasteiger partial charge is 0.103 e. The third-order valence-electron chi connectivity index (χ3n) is 4.49. The number of hydrogen-bond acceptors (Lipinski definition) is 2. The van der Waals surface area contributed by atoms with E-state index in [9.17, 15) is 4.91 Å². The Morgan fingerprint density at radius 2 is 1.29 bits per heavy atom. The van der Waals surface area contributed by atoms with E-state index in [0.717, 1.165) is 51.4 Å². The molecule has 0 aliphatic rings. The van der Waals surface area contributed by atoms with Gasteiger partial charge in [0, 0.05) is 0 Å². The molecule has 0 aliphatic carbocycles. The molecule has 0 fully saturated rings. The summed E-state index contributed by atoms with van der Waals surface area (Å²) in [5, 5.41) is 3.59. The SMILES string of the molecule is C=CCCCCCCCCC(CCCC)(CCCC)N=O. The molecule has 21 heavy (non-hydrogen) atoms. The molecule has 0 saturated carbocycles. The molecular weight excluding hydrogens is 258 g/mol. The van der Waals surface area contributed by atoms with Crippen LogP contribution in [0.2, 0.25) is 0 Å². The van der Waals surface area contributed by atoms with E-state index in [4.69, 9.17) is 0 Å². The van der Waals surface area contributed by atoms with Gasteiger partial charge in [-0.1, -0.05) is 82.9 Å². The molecule has 0 unspecified atom stereocenters. The lowest BCUT2D eigenvalue weighted by atomic mass is 9.83. The Hall–Kier alpha value is -0.660. The van der Waals surface area contributed by atoms with E-state index in [1.54, 1.807) is 0 Å². The van der Waals surface area contributed by atoms with Gasteiger partial charge in [0.05, 0.1) is 0 Å². The minimum absolute atomic E-state index is 0.255. The van der Waals surface area contributed by atoms with Gasteiger partial charge in [-0.05, 0) is 32.1 Å². The van der Waals surface area contributed by atoms with Crippen molar-refractivity contribution in [2.24, 2.45) is 5.18 Å². The zero-order chi connectivity index (χ0) is 15.8. The molecule has 0 saturated heterocycles. The first-order valence-electron chi connectivity index (χ1n) is 9.20. The highest BCUT2D eigenvalue weighted by molar-refractivity contribution is 4.87. The van der Waals surface area contributed by atoms with Gasteiger partial charge in [-0.15, -0.1) is 6.58 Å². The number of nitroso groups, excluding NO2 is 1. The Kier molecular flexibility index (Phi) is 13.8. The maximum absolute atomic E-state index is 11.4. The summed E-state index contributed by atoms with van der Waals surface area (Å²) in [4.78, 5) is 11.4. The topological polar surface area (TPSA) is 29.4 Å². The molecule has 0 spiro atoms. The highest BCUT2D eigenvalue weighted by Crippen LogP contribution is 2.31. The van der Waals surface area contributed by atoms with E-state index in [-0.39, 0.29) is 5.54 Å². The van der Waals surface area contributed by atoms with Crippen molar-refractivity contribution < 1.29 is 0 Å². The maximum atomic E-state index is 11.4. The highest BCUT2D eigenvalue weighted by Gasteiger charge is 2.29. The van der Waals surface area contributed by atoms with Gasteiger partial charge in [-0.3, -0.25) is 0 Å². The summed E-state index contributed by atoms with van der Waals surface area (Å²) < 4.78 is 0. The fraction of sp³-hybridized carbons (Fsp3) is 0.895. The molecule has 0 bridgehead atoms. The molecule has 0 aromatic carbocycles. The van der Waals surface area contributed by atoms with Crippen LogP contribution >= 0.6 is 0 Å². The van der Waals surface area contributed by atoms with E-state index in [2.05, 4.69) is 25.6 Å². The first-order valence-corrected chi connectivity index (χ1v) is 9.20. The van der Waals surface area contributed by atoms with E-state index in [1.807, 2.05) is 6.08 Å². The average Bonchev–Trinajstić information content (AvgIpc) is 2.52. The van der Waals surface area contributed by atoms with Crippen molar-refractivity contribution in [2.45, 2.75) is 109 Å². The van der Waals surface area contributed by atoms with Crippen LogP contribution in [0.3, 0.4) is 0 Å². The molecule has 0 N–H and O–H groups in total. The summed E-state index contributed by atoms with van der Waals surface area (Å²) in [5.41, 5.74) is -0.255. The number of nitrogens with zero attached hydrogens (tertiary/aromatic N) is 1. The lowest BCUT2D eigenvalue weighted by Crippen LogP contribution is -2.26. The molecule has 2 heteroatoms. The number of hydrogen-bond donors (Lipinski definition) is 0. The van der Waals surface area contributed by atoms with Crippen LogP contribution in [0.25, 0.3) is 0 Å². The quantitative estimate of drug-likeness (QED) is 0.168. The second-order valence-corrected chi connectivity index (χ2v) is 6.47. The number of unbranched alkanes of at least 4 members (excludes halogenated alkanes) is 8. The van der Waals surface area contributed by atoms with Gasteiger partial charge < -0.3 is 0 Å². The molecule has 0 aliphatic heterocycles. The molecule has 0 aromatic heterocycles. The summed E-state index contributed by atoms with van der Waals surface area (Å²) >= 11 is 0. The molecule has 0 rings (SSSR count). The standard InChI is InChI=1S/C19H37NO/c1-4-7-10-11-12-13-14-15-18-19(20-21,16-8-5-2)17-9-6-3/h4H,1,5-18H2,2-3H3. The summed E-state index contributed by atoms with van der Waals surface area (Å²) in [5.74, 6) is 0. The van der Waals surface area contributed by atoms with Crippen LogP contribution < -0.4 is 0 Å². The van der Waals surface area contributed by atoms with Gasteiger partial charge in [-0.2, -0.15) is 4.91 Å². The fourth-order valence-electron chi connectivity index (χ4n) is 2.97. The van der Waals surface area contributed by atoms with Crippen LogP contribution in [0.1, 0.15) is 104 Å². The van der Waals surface area contributed by atoms with Crippen molar-refractivity contribution in [2.75, 3.05) is 0 Å². The lowest BCUT2D eigenvalue weighted by molar-refractivity contribution is 0.309. The fourth-order valence-corrected chi connectivity index (χ4v) is 2.97. The molecular formula is C19H37NO. The zero-order valence-corrected chi connectivity index (χ0v) is 14.5. The van der Waals surface area contributed by atoms with Gasteiger partial charge in [0.25, 0.3) is 0 Å². The second kappa shape index (κ2) is 14.3. The molecule has 0 atom stereocenters. The largest absolute Gasteiger partial charge is 0.150 e. The van der Waals surface area contributed by atoms with Gasteiger partial charge in [0.1, 0.15) is 5.54 Å². The summed E-state index contributed by atoms with van der Waals surface area (Å²) in [6.07, 6.45) is 18.4. The molecule has 2 nitrogen and oxygen atoms in total. The van der Waals surface area contributed by atoms with Crippen LogP contribution in [0.4, 0.5) is 0 Å². The van der Waals surface area contributed by atoms with Crippen molar-refractivity contribution in [3.63, 3.8) is 0 Å². The van der Waals surface area contributed by atoms with E-state index in [0.29, 0.717) is 0 Å². The second-order valence-electron chi connectivity index (χ2n) is 6.47. The van der Waals surface area contributed by atoms with Crippen LogP contribution in [0.5, 0.6) is 0 Å². The van der Waals surface area contributed by atoms with Gasteiger partial charge in [-0.25, -0.2) is 0 Å². The summed E-state index contributed by atoms with van der Waals surface area (Å²) in [6, 6.07) is 0. The predicted molar refractivity (Wildman–Crippen MR) is 94.7 cm³/mol. The molecule has 124 valence electrons. The average molecular weight is 296 g/mol. The van der Waals surface area contributed by atoms with Crippen molar-refractivity contribution in [3.05, 3.63) is 17.6 Å². The normalized spacial score (nSPS) is 11.5. The van der Waals surface area contributed by atoms with Gasteiger partial charge >= 0.3 is 0 Å². The minimum atomic E-state index is -0.255. The Labute approximate surface area is 132 Å². The van der Waals surface area contributed by atoms with E-state index in [1.165, 1.54) is 38.5 Å². The number of rotatable bonds is 16. The monoisotopic (exact) mass is 295 g/mol.